The number of amides is 1. The molecule has 0 saturated heterocycles. The Bertz CT molecular complexity index is 273. The minimum atomic E-state index is -0.272. The fourth-order valence-electron chi connectivity index (χ4n) is 0.611. The van der Waals surface area contributed by atoms with Crippen LogP contribution in [0.2, 0.25) is 0 Å². The average Bonchev–Trinajstić information content (AvgIpc) is 2.35. The molecule has 0 saturated carbocycles. The Hall–Kier alpha value is -1.16. The number of nitrogens with two attached hydrogens (primary N) is 1. The lowest BCUT2D eigenvalue weighted by molar-refractivity contribution is 0.100. The van der Waals surface area contributed by atoms with Gasteiger partial charge >= 0.3 is 0 Å². The van der Waals surface area contributed by atoms with Crippen LogP contribution in [0.25, 0.3) is 0 Å². The van der Waals surface area contributed by atoms with E-state index >= 15 is 0 Å². The van der Waals surface area contributed by atoms with Crippen LogP contribution in [0, 0.1) is 0 Å². The van der Waals surface area contributed by atoms with Gasteiger partial charge in [-0.25, -0.2) is 0 Å². The summed E-state index contributed by atoms with van der Waals surface area (Å²) in [6.07, 6.45) is 0. The molecule has 1 amide bonds. The first-order valence-corrected chi connectivity index (χ1v) is 4.01. The third-order valence-electron chi connectivity index (χ3n) is 1.05. The number of carbonyl (C=O) groups excluding carboxylic acids is 1. The van der Waals surface area contributed by atoms with Gasteiger partial charge in [-0.15, -0.1) is 0 Å². The number of carbonyl (C=O) groups is 1. The van der Waals surface area contributed by atoms with Gasteiger partial charge in [0.2, 0.25) is 0 Å². The highest BCUT2D eigenvalue weighted by Gasteiger charge is 2.02. The van der Waals surface area contributed by atoms with Crippen molar-refractivity contribution in [3.63, 3.8) is 0 Å². The second kappa shape index (κ2) is 3.30. The van der Waals surface area contributed by atoms with E-state index in [1.165, 1.54) is 11.3 Å². The summed E-state index contributed by atoms with van der Waals surface area (Å²) in [6.45, 7) is 1.59. The van der Waals surface area contributed by atoms with Gasteiger partial charge in [-0.3, -0.25) is 4.79 Å². The van der Waals surface area contributed by atoms with Crippen LogP contribution in [0.3, 0.4) is 0 Å². The Morgan fingerprint density at radius 3 is 2.91 bits per heavy atom. The maximum Gasteiger partial charge on any atom is 0.279 e. The molecule has 1 aromatic heterocycles. The van der Waals surface area contributed by atoms with Crippen LogP contribution < -0.4 is 5.73 Å². The summed E-state index contributed by atoms with van der Waals surface area (Å²) in [6, 6.07) is 1.72. The van der Waals surface area contributed by atoms with Crippen molar-refractivity contribution in [2.45, 2.75) is 6.92 Å². The Labute approximate surface area is 68.6 Å². The average molecular weight is 168 g/mol. The molecule has 0 radical (unpaired) electrons. The van der Waals surface area contributed by atoms with E-state index in [0.717, 1.165) is 0 Å². The van der Waals surface area contributed by atoms with E-state index in [-0.39, 0.29) is 5.91 Å². The number of rotatable bonds is 1. The highest BCUT2D eigenvalue weighted by atomic mass is 32.1. The smallest absolute Gasteiger partial charge is 0.279 e. The first-order valence-electron chi connectivity index (χ1n) is 3.07. The Kier molecular flexibility index (Phi) is 2.38. The van der Waals surface area contributed by atoms with Crippen molar-refractivity contribution >= 4 is 23.1 Å². The molecule has 1 rings (SSSR count). The van der Waals surface area contributed by atoms with Crippen molar-refractivity contribution in [3.05, 3.63) is 22.4 Å². The van der Waals surface area contributed by atoms with E-state index in [2.05, 4.69) is 4.99 Å². The quantitative estimate of drug-likeness (QED) is 0.507. The number of nitrogens with zero attached hydrogens (tertiary/aromatic N) is 1. The lowest BCUT2D eigenvalue weighted by Crippen LogP contribution is -2.08. The van der Waals surface area contributed by atoms with Crippen LogP contribution in [-0.4, -0.2) is 11.7 Å². The van der Waals surface area contributed by atoms with E-state index in [1.807, 2.05) is 5.38 Å². The lowest BCUT2D eigenvalue weighted by atomic mass is 10.3. The largest absolute Gasteiger partial charge is 0.387 e. The molecule has 0 bridgehead atoms. The van der Waals surface area contributed by atoms with Gasteiger partial charge in [0.1, 0.15) is 5.84 Å². The third-order valence-corrected chi connectivity index (χ3v) is 1.73. The summed E-state index contributed by atoms with van der Waals surface area (Å²) in [4.78, 5) is 14.6. The highest BCUT2D eigenvalue weighted by molar-refractivity contribution is 7.08. The molecule has 3 nitrogen and oxygen atoms in total. The van der Waals surface area contributed by atoms with Crippen LogP contribution in [0.1, 0.15) is 17.3 Å². The summed E-state index contributed by atoms with van der Waals surface area (Å²) >= 11 is 1.46. The molecule has 11 heavy (non-hydrogen) atoms. The number of hydrogen-bond donors (Lipinski definition) is 1. The molecule has 0 aliphatic rings. The summed E-state index contributed by atoms with van der Waals surface area (Å²) in [5.41, 5.74) is 5.83. The van der Waals surface area contributed by atoms with Crippen LogP contribution in [-0.2, 0) is 0 Å². The summed E-state index contributed by atoms with van der Waals surface area (Å²) in [7, 11) is 0. The summed E-state index contributed by atoms with van der Waals surface area (Å²) < 4.78 is 0. The first kappa shape index (κ1) is 7.94. The minimum Gasteiger partial charge on any atom is -0.387 e. The molecule has 4 heteroatoms. The monoisotopic (exact) mass is 168 g/mol. The molecule has 0 spiro atoms. The molecule has 0 atom stereocenters. The van der Waals surface area contributed by atoms with Gasteiger partial charge < -0.3 is 5.73 Å². The van der Waals surface area contributed by atoms with E-state index in [9.17, 15) is 4.79 Å². The second-order valence-corrected chi connectivity index (χ2v) is 2.85. The Balaban J connectivity index is 2.80. The molecule has 1 heterocycles. The van der Waals surface area contributed by atoms with E-state index in [0.29, 0.717) is 11.4 Å². The highest BCUT2D eigenvalue weighted by Crippen LogP contribution is 2.06. The minimum absolute atomic E-state index is 0.272. The fraction of sp³-hybridized carbons (Fsp3) is 0.143. The van der Waals surface area contributed by atoms with Crippen molar-refractivity contribution in [1.29, 1.82) is 0 Å². The molecular formula is C7H8N2OS. The van der Waals surface area contributed by atoms with Gasteiger partial charge in [0.25, 0.3) is 5.91 Å². The van der Waals surface area contributed by atoms with Crippen molar-refractivity contribution in [1.82, 2.24) is 0 Å². The number of hydrogen-bond acceptors (Lipinski definition) is 2. The Morgan fingerprint density at radius 1 is 1.73 bits per heavy atom. The maximum absolute atomic E-state index is 11.1. The molecular weight excluding hydrogens is 160 g/mol. The second-order valence-electron chi connectivity index (χ2n) is 2.07. The third kappa shape index (κ3) is 2.16. The van der Waals surface area contributed by atoms with Crippen LogP contribution in [0.5, 0.6) is 0 Å². The molecule has 0 aliphatic heterocycles. The van der Waals surface area contributed by atoms with E-state index < -0.39 is 0 Å². The molecule has 0 fully saturated rings. The van der Waals surface area contributed by atoms with Crippen LogP contribution in [0.4, 0.5) is 0 Å². The van der Waals surface area contributed by atoms with Crippen LogP contribution >= 0.6 is 11.3 Å². The van der Waals surface area contributed by atoms with Gasteiger partial charge in [-0.2, -0.15) is 16.3 Å². The van der Waals surface area contributed by atoms with Gasteiger partial charge in [-0.05, 0) is 18.4 Å². The SMILES string of the molecule is CC(N)=NC(=O)c1ccsc1. The standard InChI is InChI=1S/C7H8N2OS/c1-5(8)9-7(10)6-2-3-11-4-6/h2-4H,1H3,(H2,8,9,10). The molecule has 0 aromatic carbocycles. The molecule has 0 unspecified atom stereocenters. The van der Waals surface area contributed by atoms with Crippen molar-refractivity contribution < 1.29 is 4.79 Å². The molecule has 58 valence electrons. The number of amidine groups is 1. The Morgan fingerprint density at radius 2 is 2.45 bits per heavy atom. The van der Waals surface area contributed by atoms with Gasteiger partial charge in [0, 0.05) is 5.38 Å². The normalized spacial score (nSPS) is 11.5. The number of thiophene rings is 1. The van der Waals surface area contributed by atoms with E-state index in [4.69, 9.17) is 5.73 Å². The lowest BCUT2D eigenvalue weighted by Gasteiger charge is -1.88. The van der Waals surface area contributed by atoms with Crippen LogP contribution in [0.15, 0.2) is 21.8 Å². The molecule has 0 aliphatic carbocycles. The fourth-order valence-corrected chi connectivity index (χ4v) is 1.24. The summed E-state index contributed by atoms with van der Waals surface area (Å²) in [5, 5.41) is 3.57. The summed E-state index contributed by atoms with van der Waals surface area (Å²) in [5.74, 6) is 0.0208. The molecule has 1 aromatic rings. The zero-order chi connectivity index (χ0) is 8.27. The van der Waals surface area contributed by atoms with Crippen molar-refractivity contribution in [2.75, 3.05) is 0 Å². The predicted octanol–water partition coefficient (Wildman–Crippen LogP) is 1.27. The number of aliphatic imine (C=N–C) groups is 1. The first-order chi connectivity index (χ1) is 5.20. The zero-order valence-corrected chi connectivity index (χ0v) is 6.89. The van der Waals surface area contributed by atoms with Gasteiger partial charge in [-0.1, -0.05) is 0 Å². The van der Waals surface area contributed by atoms with Gasteiger partial charge in [0.05, 0.1) is 5.56 Å². The van der Waals surface area contributed by atoms with E-state index in [1.54, 1.807) is 18.4 Å². The van der Waals surface area contributed by atoms with Gasteiger partial charge in [0.15, 0.2) is 0 Å². The topological polar surface area (TPSA) is 55.4 Å². The van der Waals surface area contributed by atoms with Crippen molar-refractivity contribution in [3.8, 4) is 0 Å². The zero-order valence-electron chi connectivity index (χ0n) is 6.07. The maximum atomic E-state index is 11.1. The molecule has 2 N–H and O–H groups in total. The van der Waals surface area contributed by atoms with Crippen molar-refractivity contribution in [2.24, 2.45) is 10.7 Å². The predicted molar refractivity (Wildman–Crippen MR) is 45.9 cm³/mol.